The van der Waals surface area contributed by atoms with E-state index in [-0.39, 0.29) is 0 Å². The van der Waals surface area contributed by atoms with Crippen molar-refractivity contribution in [2.45, 2.75) is 39.0 Å². The molecule has 0 amide bonds. The highest BCUT2D eigenvalue weighted by Crippen LogP contribution is 2.59. The van der Waals surface area contributed by atoms with Crippen molar-refractivity contribution in [2.75, 3.05) is 0 Å². The van der Waals surface area contributed by atoms with Crippen LogP contribution in [0, 0.1) is 36.5 Å². The van der Waals surface area contributed by atoms with Crippen LogP contribution in [0.5, 0.6) is 0 Å². The van der Waals surface area contributed by atoms with E-state index in [1.165, 1.54) is 31.2 Å². The summed E-state index contributed by atoms with van der Waals surface area (Å²) in [5.74, 6) is 5.86. The van der Waals surface area contributed by atoms with Crippen molar-refractivity contribution in [3.63, 3.8) is 0 Å². The summed E-state index contributed by atoms with van der Waals surface area (Å²) < 4.78 is 0. The maximum absolute atomic E-state index is 2.37. The zero-order valence-electron chi connectivity index (χ0n) is 10.7. The van der Waals surface area contributed by atoms with Crippen molar-refractivity contribution in [2.24, 2.45) is 23.7 Å². The summed E-state index contributed by atoms with van der Waals surface area (Å²) >= 11 is 0. The van der Waals surface area contributed by atoms with Gasteiger partial charge in [-0.25, -0.2) is 0 Å². The van der Waals surface area contributed by atoms with Crippen LogP contribution < -0.4 is 0 Å². The van der Waals surface area contributed by atoms with Crippen molar-refractivity contribution in [1.82, 2.24) is 0 Å². The predicted molar refractivity (Wildman–Crippen MR) is 70.6 cm³/mol. The summed E-state index contributed by atoms with van der Waals surface area (Å²) in [6, 6.07) is 9.31. The molecular weight excluding hydrogens is 204 g/mol. The Morgan fingerprint density at radius 3 is 1.88 bits per heavy atom. The Hall–Kier alpha value is -0.910. The molecular formula is C17H21+. The molecule has 0 radical (unpaired) electrons. The molecule has 0 N–H and O–H groups in total. The zero-order chi connectivity index (χ0) is 11.4. The minimum absolute atomic E-state index is 0.939. The fourth-order valence-electron chi connectivity index (χ4n) is 4.91. The second-order valence-corrected chi connectivity index (χ2v) is 6.63. The molecule has 0 heterocycles. The third kappa shape index (κ3) is 1.53. The lowest BCUT2D eigenvalue weighted by molar-refractivity contribution is 0.0481. The third-order valence-corrected chi connectivity index (χ3v) is 5.40. The van der Waals surface area contributed by atoms with Gasteiger partial charge in [0.15, 0.2) is 0 Å². The molecule has 0 aromatic heterocycles. The monoisotopic (exact) mass is 225 g/mol. The summed E-state index contributed by atoms with van der Waals surface area (Å²) in [7, 11) is 0. The fourth-order valence-corrected chi connectivity index (χ4v) is 4.91. The minimum Gasteiger partial charge on any atom is -0.0473 e. The Morgan fingerprint density at radius 2 is 1.35 bits per heavy atom. The highest BCUT2D eigenvalue weighted by molar-refractivity contribution is 5.38. The van der Waals surface area contributed by atoms with Crippen molar-refractivity contribution >= 4 is 0 Å². The summed E-state index contributed by atoms with van der Waals surface area (Å²) in [5, 5.41) is 0. The first-order chi connectivity index (χ1) is 8.29. The first-order valence-electron chi connectivity index (χ1n) is 7.23. The molecule has 5 rings (SSSR count). The molecule has 0 atom stereocenters. The number of hydrogen-bond donors (Lipinski definition) is 0. The Morgan fingerprint density at radius 1 is 0.824 bits per heavy atom. The molecule has 0 heteroatoms. The van der Waals surface area contributed by atoms with Gasteiger partial charge >= 0.3 is 0 Å². The van der Waals surface area contributed by atoms with Crippen LogP contribution in [-0.4, -0.2) is 0 Å². The molecule has 0 aliphatic heterocycles. The van der Waals surface area contributed by atoms with E-state index in [1.807, 2.05) is 5.92 Å². The SMILES string of the molecule is Cc1ccc([C+]2C3CC4CC(C3)CC2C4)cc1. The maximum atomic E-state index is 2.37. The van der Waals surface area contributed by atoms with Crippen LogP contribution in [-0.2, 0) is 0 Å². The lowest BCUT2D eigenvalue weighted by Gasteiger charge is -2.51. The van der Waals surface area contributed by atoms with Gasteiger partial charge in [0.2, 0.25) is 0 Å². The smallest absolute Gasteiger partial charge is 0.0473 e. The minimum atomic E-state index is 0.939. The molecule has 1 aromatic carbocycles. The van der Waals surface area contributed by atoms with E-state index >= 15 is 0 Å². The quantitative estimate of drug-likeness (QED) is 0.622. The number of rotatable bonds is 1. The standard InChI is InChI=1S/C17H21/c1-11-2-4-14(5-3-11)17-15-7-12-6-13(9-15)10-16(17)8-12/h2-5,12-13,15-16H,6-10H2,1H3/q+1. The largest absolute Gasteiger partial charge is 0.133 e. The Labute approximate surface area is 104 Å². The maximum Gasteiger partial charge on any atom is 0.133 e. The van der Waals surface area contributed by atoms with E-state index in [2.05, 4.69) is 31.2 Å². The van der Waals surface area contributed by atoms with Crippen LogP contribution in [0.4, 0.5) is 0 Å². The fraction of sp³-hybridized carbons (Fsp3) is 0.588. The zero-order valence-corrected chi connectivity index (χ0v) is 10.7. The molecule has 0 unspecified atom stereocenters. The summed E-state index contributed by atoms with van der Waals surface area (Å²) in [6.45, 7) is 2.19. The van der Waals surface area contributed by atoms with E-state index < -0.39 is 0 Å². The van der Waals surface area contributed by atoms with E-state index in [0.29, 0.717) is 0 Å². The summed E-state index contributed by atoms with van der Waals surface area (Å²) in [6.07, 6.45) is 7.53. The number of aryl methyl sites for hydroxylation is 1. The predicted octanol–water partition coefficient (Wildman–Crippen LogP) is 4.37. The molecule has 0 nitrogen and oxygen atoms in total. The van der Waals surface area contributed by atoms with E-state index in [9.17, 15) is 0 Å². The van der Waals surface area contributed by atoms with Gasteiger partial charge in [0, 0.05) is 29.9 Å². The molecule has 0 saturated heterocycles. The third-order valence-electron chi connectivity index (χ3n) is 5.40. The van der Waals surface area contributed by atoms with Gasteiger partial charge in [-0.05, 0) is 68.6 Å². The summed E-state index contributed by atoms with van der Waals surface area (Å²) in [4.78, 5) is 0. The van der Waals surface area contributed by atoms with Crippen LogP contribution >= 0.6 is 0 Å². The van der Waals surface area contributed by atoms with Crippen molar-refractivity contribution in [3.05, 3.63) is 41.3 Å². The molecule has 1 aromatic rings. The topological polar surface area (TPSA) is 0 Å². The van der Waals surface area contributed by atoms with Gasteiger partial charge in [-0.1, -0.05) is 0 Å². The number of benzene rings is 1. The number of hydrogen-bond acceptors (Lipinski definition) is 0. The second kappa shape index (κ2) is 3.54. The average Bonchev–Trinajstić information content (AvgIpc) is 2.30. The molecule has 4 saturated carbocycles. The van der Waals surface area contributed by atoms with E-state index in [1.54, 1.807) is 12.0 Å². The Kier molecular flexibility index (Phi) is 2.09. The Balaban J connectivity index is 1.68. The molecule has 88 valence electrons. The van der Waals surface area contributed by atoms with Crippen LogP contribution in [0.2, 0.25) is 0 Å². The van der Waals surface area contributed by atoms with Crippen LogP contribution in [0.3, 0.4) is 0 Å². The Bertz CT molecular complexity index is 386. The molecule has 17 heavy (non-hydrogen) atoms. The molecule has 4 aliphatic rings. The lowest BCUT2D eigenvalue weighted by atomic mass is 9.51. The van der Waals surface area contributed by atoms with Gasteiger partial charge < -0.3 is 0 Å². The second-order valence-electron chi connectivity index (χ2n) is 6.63. The molecule has 4 fully saturated rings. The van der Waals surface area contributed by atoms with E-state index in [4.69, 9.17) is 0 Å². The van der Waals surface area contributed by atoms with Crippen LogP contribution in [0.1, 0.15) is 43.2 Å². The first-order valence-corrected chi connectivity index (χ1v) is 7.23. The lowest BCUT2D eigenvalue weighted by Crippen LogP contribution is -2.44. The van der Waals surface area contributed by atoms with Gasteiger partial charge in [-0.2, -0.15) is 0 Å². The highest BCUT2D eigenvalue weighted by atomic mass is 14.5. The summed E-state index contributed by atoms with van der Waals surface area (Å²) in [5.41, 5.74) is 2.95. The molecule has 4 aliphatic carbocycles. The van der Waals surface area contributed by atoms with Gasteiger partial charge in [0.05, 0.1) is 0 Å². The molecule has 4 bridgehead atoms. The van der Waals surface area contributed by atoms with E-state index in [0.717, 1.165) is 23.7 Å². The van der Waals surface area contributed by atoms with Gasteiger partial charge in [0.25, 0.3) is 0 Å². The van der Waals surface area contributed by atoms with Gasteiger partial charge in [0.1, 0.15) is 5.56 Å². The van der Waals surface area contributed by atoms with Gasteiger partial charge in [-0.3, -0.25) is 0 Å². The van der Waals surface area contributed by atoms with Crippen molar-refractivity contribution < 1.29 is 0 Å². The first kappa shape index (κ1) is 10.1. The van der Waals surface area contributed by atoms with Gasteiger partial charge in [-0.15, -0.1) is 0 Å². The van der Waals surface area contributed by atoms with Crippen molar-refractivity contribution in [3.8, 4) is 0 Å². The average molecular weight is 225 g/mol. The van der Waals surface area contributed by atoms with Crippen LogP contribution in [0.15, 0.2) is 24.3 Å². The van der Waals surface area contributed by atoms with Crippen molar-refractivity contribution in [1.29, 1.82) is 0 Å². The normalized spacial score (nSPS) is 38.8. The highest BCUT2D eigenvalue weighted by Gasteiger charge is 2.52. The molecule has 0 spiro atoms. The van der Waals surface area contributed by atoms with Crippen LogP contribution in [0.25, 0.3) is 0 Å².